The molecule has 3 atom stereocenters. The Hall–Kier alpha value is -3.90. The molecular formula is C38H67N7O6. The highest BCUT2D eigenvalue weighted by molar-refractivity contribution is 6.37. The van der Waals surface area contributed by atoms with E-state index in [1.807, 2.05) is 32.6 Å². The molecule has 5 amide bonds. The third kappa shape index (κ3) is 21.8. The lowest BCUT2D eigenvalue weighted by atomic mass is 9.88. The summed E-state index contributed by atoms with van der Waals surface area (Å²) in [4.78, 5) is 74.7. The van der Waals surface area contributed by atoms with Gasteiger partial charge in [-0.2, -0.15) is 0 Å². The first-order valence-corrected chi connectivity index (χ1v) is 18.4. The number of carbonyl (C=O) groups excluding carboxylic acids is 6. The molecule has 3 saturated carbocycles. The minimum absolute atomic E-state index is 0. The highest BCUT2D eigenvalue weighted by Gasteiger charge is 2.35. The molecule has 1 aromatic rings. The lowest BCUT2D eigenvalue weighted by Crippen LogP contribution is -2.45. The lowest BCUT2D eigenvalue weighted by molar-refractivity contribution is -0.137. The van der Waals surface area contributed by atoms with Crippen LogP contribution in [0.3, 0.4) is 0 Å². The van der Waals surface area contributed by atoms with Crippen molar-refractivity contribution >= 4 is 36.3 Å². The second kappa shape index (κ2) is 26.8. The number of carbonyl (C=O) groups is 6. The Kier molecular flexibility index (Phi) is 24.8. The number of likely N-dealkylation sites (tertiary alicyclic amines) is 1. The number of ketones is 1. The molecule has 0 bridgehead atoms. The van der Waals surface area contributed by atoms with Crippen molar-refractivity contribution in [3.8, 4) is 0 Å². The van der Waals surface area contributed by atoms with Gasteiger partial charge in [0.1, 0.15) is 5.69 Å². The average molecular weight is 718 g/mol. The van der Waals surface area contributed by atoms with E-state index in [1.165, 1.54) is 82.8 Å². The predicted octanol–water partition coefficient (Wildman–Crippen LogP) is 4.61. The van der Waals surface area contributed by atoms with E-state index in [0.29, 0.717) is 6.41 Å². The molecule has 4 aliphatic rings. The minimum atomic E-state index is -0.605. The van der Waals surface area contributed by atoms with Gasteiger partial charge in [-0.15, -0.1) is 0 Å². The molecule has 5 rings (SSSR count). The summed E-state index contributed by atoms with van der Waals surface area (Å²) in [5.74, 6) is -0.137. The van der Waals surface area contributed by atoms with E-state index in [0.717, 1.165) is 44.2 Å². The third-order valence-corrected chi connectivity index (χ3v) is 8.80. The molecule has 1 aliphatic heterocycles. The molecule has 13 heteroatoms. The summed E-state index contributed by atoms with van der Waals surface area (Å²) in [6.07, 6.45) is 21.9. The first-order chi connectivity index (χ1) is 23.9. The van der Waals surface area contributed by atoms with Crippen LogP contribution in [0.4, 0.5) is 0 Å². The maximum atomic E-state index is 11.7. The van der Waals surface area contributed by atoms with Crippen molar-refractivity contribution in [3.05, 3.63) is 24.3 Å². The molecule has 1 aromatic heterocycles. The van der Waals surface area contributed by atoms with Crippen LogP contribution in [0.1, 0.15) is 137 Å². The molecule has 3 unspecified atom stereocenters. The zero-order valence-electron chi connectivity index (χ0n) is 31.3. The topological polar surface area (TPSA) is 180 Å². The van der Waals surface area contributed by atoms with Crippen molar-refractivity contribution in [2.45, 2.75) is 138 Å². The Balaban J connectivity index is 0.000000672. The van der Waals surface area contributed by atoms with Gasteiger partial charge >= 0.3 is 0 Å². The molecule has 4 N–H and O–H groups in total. The fraction of sp³-hybridized carbons (Fsp3) is 0.737. The zero-order chi connectivity index (χ0) is 37.4. The molecule has 0 aromatic carbocycles. The van der Waals surface area contributed by atoms with Crippen LogP contribution in [0.2, 0.25) is 0 Å². The maximum Gasteiger partial charge on any atom is 0.289 e. The molecule has 290 valence electrons. The summed E-state index contributed by atoms with van der Waals surface area (Å²) >= 11 is 0. The third-order valence-electron chi connectivity index (χ3n) is 8.80. The van der Waals surface area contributed by atoms with E-state index in [1.54, 1.807) is 0 Å². The zero-order valence-corrected chi connectivity index (χ0v) is 31.3. The summed E-state index contributed by atoms with van der Waals surface area (Å²) in [6, 6.07) is 0.200. The molecule has 2 heterocycles. The number of hydrogen-bond acceptors (Lipinski definition) is 8. The molecule has 51 heavy (non-hydrogen) atoms. The summed E-state index contributed by atoms with van der Waals surface area (Å²) in [5, 5.41) is 9.99. The van der Waals surface area contributed by atoms with Crippen molar-refractivity contribution in [1.29, 1.82) is 0 Å². The van der Waals surface area contributed by atoms with Gasteiger partial charge in [-0.1, -0.05) is 93.4 Å². The monoisotopic (exact) mass is 718 g/mol. The maximum absolute atomic E-state index is 11.7. The smallest absolute Gasteiger partial charge is 0.289 e. The number of Topliss-reactive ketones (excluding diaryl/α,β-unsaturated/α-hetero) is 1. The fourth-order valence-corrected chi connectivity index (χ4v) is 5.30. The molecular weight excluding hydrogens is 650 g/mol. The second-order valence-electron chi connectivity index (χ2n) is 14.4. The van der Waals surface area contributed by atoms with Gasteiger partial charge in [0, 0.05) is 37.6 Å². The van der Waals surface area contributed by atoms with Gasteiger partial charge in [-0.25, -0.2) is 4.98 Å². The van der Waals surface area contributed by atoms with Gasteiger partial charge < -0.3 is 26.2 Å². The van der Waals surface area contributed by atoms with Crippen LogP contribution in [0.15, 0.2) is 18.6 Å². The van der Waals surface area contributed by atoms with Crippen LogP contribution in [0.25, 0.3) is 0 Å². The quantitative estimate of drug-likeness (QED) is 0.200. The fourth-order valence-electron chi connectivity index (χ4n) is 5.30. The highest BCUT2D eigenvalue weighted by Crippen LogP contribution is 2.36. The number of aromatic nitrogens is 2. The molecule has 13 nitrogen and oxygen atoms in total. The van der Waals surface area contributed by atoms with Gasteiger partial charge in [0.2, 0.25) is 24.5 Å². The largest absolute Gasteiger partial charge is 0.352 e. The summed E-state index contributed by atoms with van der Waals surface area (Å²) < 4.78 is 0. The molecule has 1 saturated heterocycles. The Morgan fingerprint density at radius 3 is 1.86 bits per heavy atom. The Labute approximate surface area is 306 Å². The Bertz CT molecular complexity index is 1130. The second-order valence-corrected chi connectivity index (χ2v) is 14.4. The number of fused-ring (bicyclic) bond motifs is 1. The van der Waals surface area contributed by atoms with Crippen molar-refractivity contribution in [2.24, 2.45) is 17.3 Å². The number of nitrogens with zero attached hydrogens (tertiary/aromatic N) is 3. The van der Waals surface area contributed by atoms with Crippen LogP contribution in [-0.2, 0) is 24.0 Å². The van der Waals surface area contributed by atoms with E-state index in [2.05, 4.69) is 45.1 Å². The Morgan fingerprint density at radius 1 is 0.882 bits per heavy atom. The van der Waals surface area contributed by atoms with Gasteiger partial charge in [-0.05, 0) is 49.9 Å². The number of rotatable bonds is 10. The van der Waals surface area contributed by atoms with Crippen LogP contribution in [0.5, 0.6) is 0 Å². The van der Waals surface area contributed by atoms with E-state index < -0.39 is 17.6 Å². The first kappa shape index (κ1) is 47.1. The van der Waals surface area contributed by atoms with E-state index in [-0.39, 0.29) is 49.6 Å². The van der Waals surface area contributed by atoms with E-state index in [9.17, 15) is 28.8 Å². The molecule has 3 aliphatic carbocycles. The predicted molar refractivity (Wildman–Crippen MR) is 201 cm³/mol. The van der Waals surface area contributed by atoms with Gasteiger partial charge in [0.25, 0.3) is 11.8 Å². The van der Waals surface area contributed by atoms with E-state index >= 15 is 0 Å². The van der Waals surface area contributed by atoms with Crippen molar-refractivity contribution in [1.82, 2.24) is 36.1 Å². The van der Waals surface area contributed by atoms with Crippen molar-refractivity contribution < 1.29 is 28.8 Å². The molecule has 4 fully saturated rings. The van der Waals surface area contributed by atoms with Crippen molar-refractivity contribution in [3.63, 3.8) is 0 Å². The summed E-state index contributed by atoms with van der Waals surface area (Å²) in [7, 11) is 0. The highest BCUT2D eigenvalue weighted by atomic mass is 16.2. The molecule has 0 spiro atoms. The minimum Gasteiger partial charge on any atom is -0.352 e. The number of amides is 5. The van der Waals surface area contributed by atoms with Gasteiger partial charge in [0.05, 0.1) is 19.3 Å². The number of hydrogen-bond donors (Lipinski definition) is 4. The SMILES string of the molecule is C.C1CCCCC1.CC(NC(=O)CNC(=O)c1cnccn1)C(C)(C)C.CCC.O=CN1CC2CCCC2C1.O=CNCC(=O)C(=O)NC1CC1. The van der Waals surface area contributed by atoms with Gasteiger partial charge in [0.15, 0.2) is 0 Å². The molecule has 0 radical (unpaired) electrons. The van der Waals surface area contributed by atoms with Gasteiger partial charge in [-0.3, -0.25) is 33.8 Å². The standard InChI is InChI=1S/C13H20N4O2.C8H13NO.C7H10N2O3.C6H12.C3H8.CH4/c1-9(13(2,3)4)17-11(18)8-16-12(19)10-7-14-5-6-15-10;10-6-9-4-7-2-1-3-8(7)5-9;10-4-8-3-6(11)7(12)9-5-1-2-5;1-2-4-6-5-3-1;1-3-2;/h5-7,9H,8H2,1-4H3,(H,16,19)(H,17,18);6-8H,1-5H2;4-5H,1-3H2,(H,8,10)(H,9,12);1-6H2;3H2,1-2H3;1H4. The van der Waals surface area contributed by atoms with Crippen LogP contribution in [-0.4, -0.2) is 89.5 Å². The van der Waals surface area contributed by atoms with Crippen LogP contribution < -0.4 is 21.3 Å². The first-order valence-electron chi connectivity index (χ1n) is 18.4. The van der Waals surface area contributed by atoms with Crippen molar-refractivity contribution in [2.75, 3.05) is 26.2 Å². The van der Waals surface area contributed by atoms with Crippen LogP contribution in [0, 0.1) is 17.3 Å². The normalized spacial score (nSPS) is 18.9. The van der Waals surface area contributed by atoms with E-state index in [4.69, 9.17) is 0 Å². The lowest BCUT2D eigenvalue weighted by Gasteiger charge is -2.28. The summed E-state index contributed by atoms with van der Waals surface area (Å²) in [6.45, 7) is 14.1. The van der Waals surface area contributed by atoms with Crippen LogP contribution >= 0.6 is 0 Å². The Morgan fingerprint density at radius 2 is 1.43 bits per heavy atom. The average Bonchev–Trinajstić information content (AvgIpc) is 3.67. The summed E-state index contributed by atoms with van der Waals surface area (Å²) in [5.41, 5.74) is 0.170. The number of nitrogens with one attached hydrogen (secondary N) is 4.